The molecular weight excluding hydrogens is 316 g/mol. The minimum absolute atomic E-state index is 0.156. The monoisotopic (exact) mass is 348 g/mol. The van der Waals surface area contributed by atoms with E-state index in [0.717, 1.165) is 31.0 Å². The van der Waals surface area contributed by atoms with Crippen LogP contribution < -0.4 is 16.0 Å². The second kappa shape index (κ2) is 9.49. The number of aryl methyl sites for hydroxylation is 1. The molecule has 140 valence electrons. The Labute approximate surface area is 150 Å². The normalized spacial score (nSPS) is 16.7. The maximum absolute atomic E-state index is 11.9. The fourth-order valence-electron chi connectivity index (χ4n) is 3.45. The standard InChI is InChI=1S/C19H32N4O2/c1-4-19(9-5-6-10-19)14-23-18(20-3)22-12-7-11-21-17(24)16-15(2)8-13-25-16/h8,13H,4-7,9-12,14H2,1-3H3,(H,21,24)(H2,20,22,23). The second-order valence-electron chi connectivity index (χ2n) is 6.96. The Kier molecular flexibility index (Phi) is 7.34. The molecule has 6 heteroatoms. The van der Waals surface area contributed by atoms with Crippen molar-refractivity contribution < 1.29 is 9.21 Å². The van der Waals surface area contributed by atoms with Crippen LogP contribution in [0.2, 0.25) is 0 Å². The molecule has 1 heterocycles. The van der Waals surface area contributed by atoms with Crippen molar-refractivity contribution in [1.29, 1.82) is 0 Å². The molecule has 6 nitrogen and oxygen atoms in total. The molecule has 1 aromatic heterocycles. The smallest absolute Gasteiger partial charge is 0.287 e. The van der Waals surface area contributed by atoms with Gasteiger partial charge in [-0.25, -0.2) is 0 Å². The third kappa shape index (κ3) is 5.51. The van der Waals surface area contributed by atoms with Crippen LogP contribution in [0.3, 0.4) is 0 Å². The molecule has 0 aromatic carbocycles. The molecule has 0 aliphatic heterocycles. The third-order valence-electron chi connectivity index (χ3n) is 5.27. The van der Waals surface area contributed by atoms with Crippen LogP contribution in [0.5, 0.6) is 0 Å². The summed E-state index contributed by atoms with van der Waals surface area (Å²) in [6.07, 6.45) is 8.89. The Hall–Kier alpha value is -1.98. The molecule has 0 spiro atoms. The Morgan fingerprint density at radius 3 is 2.56 bits per heavy atom. The fourth-order valence-corrected chi connectivity index (χ4v) is 3.45. The topological polar surface area (TPSA) is 78.7 Å². The van der Waals surface area contributed by atoms with E-state index in [1.54, 1.807) is 13.1 Å². The lowest BCUT2D eigenvalue weighted by Crippen LogP contribution is -2.43. The van der Waals surface area contributed by atoms with Crippen molar-refractivity contribution in [3.05, 3.63) is 23.7 Å². The summed E-state index contributed by atoms with van der Waals surface area (Å²) < 4.78 is 5.18. The highest BCUT2D eigenvalue weighted by Gasteiger charge is 2.31. The molecule has 0 saturated heterocycles. The molecule has 0 unspecified atom stereocenters. The Morgan fingerprint density at radius 2 is 1.96 bits per heavy atom. The molecule has 1 fully saturated rings. The van der Waals surface area contributed by atoms with Gasteiger partial charge < -0.3 is 20.4 Å². The molecule has 1 aliphatic rings. The number of carbonyl (C=O) groups is 1. The van der Waals surface area contributed by atoms with Crippen LogP contribution in [0.15, 0.2) is 21.7 Å². The first kappa shape index (κ1) is 19.3. The van der Waals surface area contributed by atoms with E-state index in [-0.39, 0.29) is 5.91 Å². The summed E-state index contributed by atoms with van der Waals surface area (Å²) in [5.74, 6) is 1.08. The van der Waals surface area contributed by atoms with Gasteiger partial charge in [0.15, 0.2) is 11.7 Å². The van der Waals surface area contributed by atoms with Crippen molar-refractivity contribution in [3.8, 4) is 0 Å². The number of guanidine groups is 1. The molecule has 2 rings (SSSR count). The van der Waals surface area contributed by atoms with Crippen LogP contribution in [0, 0.1) is 12.3 Å². The first-order chi connectivity index (χ1) is 12.1. The lowest BCUT2D eigenvalue weighted by Gasteiger charge is -2.28. The molecular formula is C19H32N4O2. The van der Waals surface area contributed by atoms with Crippen molar-refractivity contribution in [2.24, 2.45) is 10.4 Å². The summed E-state index contributed by atoms with van der Waals surface area (Å²) >= 11 is 0. The summed E-state index contributed by atoms with van der Waals surface area (Å²) in [5, 5.41) is 9.66. The van der Waals surface area contributed by atoms with Crippen LogP contribution in [-0.2, 0) is 0 Å². The number of nitrogens with one attached hydrogen (secondary N) is 3. The Balaban J connectivity index is 1.63. The van der Waals surface area contributed by atoms with Crippen LogP contribution >= 0.6 is 0 Å². The summed E-state index contributed by atoms with van der Waals surface area (Å²) in [5.41, 5.74) is 1.30. The minimum Gasteiger partial charge on any atom is -0.459 e. The zero-order chi connectivity index (χ0) is 18.1. The van der Waals surface area contributed by atoms with Crippen molar-refractivity contribution in [3.63, 3.8) is 0 Å². The fraction of sp³-hybridized carbons (Fsp3) is 0.684. The van der Waals surface area contributed by atoms with Crippen molar-refractivity contribution in [1.82, 2.24) is 16.0 Å². The van der Waals surface area contributed by atoms with E-state index in [2.05, 4.69) is 27.9 Å². The third-order valence-corrected chi connectivity index (χ3v) is 5.27. The number of amides is 1. The number of furan rings is 1. The van der Waals surface area contributed by atoms with Gasteiger partial charge in [-0.15, -0.1) is 0 Å². The lowest BCUT2D eigenvalue weighted by atomic mass is 9.83. The number of carbonyl (C=O) groups excluding carboxylic acids is 1. The average molecular weight is 348 g/mol. The minimum atomic E-state index is -0.156. The highest BCUT2D eigenvalue weighted by molar-refractivity contribution is 5.92. The van der Waals surface area contributed by atoms with E-state index in [4.69, 9.17) is 4.42 Å². The van der Waals surface area contributed by atoms with Gasteiger partial charge in [-0.3, -0.25) is 9.79 Å². The van der Waals surface area contributed by atoms with E-state index in [1.807, 2.05) is 6.92 Å². The average Bonchev–Trinajstić information content (AvgIpc) is 3.26. The van der Waals surface area contributed by atoms with Gasteiger partial charge in [0.25, 0.3) is 5.91 Å². The van der Waals surface area contributed by atoms with E-state index in [1.165, 1.54) is 38.4 Å². The van der Waals surface area contributed by atoms with Gasteiger partial charge in [0.1, 0.15) is 0 Å². The number of hydrogen-bond acceptors (Lipinski definition) is 3. The Morgan fingerprint density at radius 1 is 1.24 bits per heavy atom. The summed E-state index contributed by atoms with van der Waals surface area (Å²) in [6, 6.07) is 1.79. The largest absolute Gasteiger partial charge is 0.459 e. The molecule has 1 saturated carbocycles. The molecule has 1 aliphatic carbocycles. The summed E-state index contributed by atoms with van der Waals surface area (Å²) in [7, 11) is 1.80. The van der Waals surface area contributed by atoms with Gasteiger partial charge in [0, 0.05) is 32.2 Å². The highest BCUT2D eigenvalue weighted by Crippen LogP contribution is 2.40. The lowest BCUT2D eigenvalue weighted by molar-refractivity contribution is 0.0925. The zero-order valence-electron chi connectivity index (χ0n) is 15.8. The first-order valence-corrected chi connectivity index (χ1v) is 9.37. The van der Waals surface area contributed by atoms with Gasteiger partial charge in [-0.05, 0) is 44.1 Å². The van der Waals surface area contributed by atoms with E-state index in [0.29, 0.717) is 17.7 Å². The maximum Gasteiger partial charge on any atom is 0.287 e. The molecule has 25 heavy (non-hydrogen) atoms. The molecule has 1 amide bonds. The van der Waals surface area contributed by atoms with Gasteiger partial charge in [-0.2, -0.15) is 0 Å². The van der Waals surface area contributed by atoms with Crippen LogP contribution in [0.25, 0.3) is 0 Å². The predicted octanol–water partition coefficient (Wildman–Crippen LogP) is 2.84. The number of rotatable bonds is 8. The zero-order valence-corrected chi connectivity index (χ0v) is 15.8. The quantitative estimate of drug-likeness (QED) is 0.383. The number of hydrogen-bond donors (Lipinski definition) is 3. The van der Waals surface area contributed by atoms with Crippen molar-refractivity contribution in [2.45, 2.75) is 52.4 Å². The SMILES string of the molecule is CCC1(CNC(=NC)NCCCNC(=O)c2occc2C)CCCC1. The molecule has 0 radical (unpaired) electrons. The van der Waals surface area contributed by atoms with Gasteiger partial charge >= 0.3 is 0 Å². The van der Waals surface area contributed by atoms with E-state index >= 15 is 0 Å². The Bertz CT molecular complexity index is 574. The summed E-state index contributed by atoms with van der Waals surface area (Å²) in [4.78, 5) is 16.2. The van der Waals surface area contributed by atoms with Crippen LogP contribution in [-0.4, -0.2) is 38.5 Å². The molecule has 1 aromatic rings. The maximum atomic E-state index is 11.9. The number of nitrogens with zero attached hydrogens (tertiary/aromatic N) is 1. The number of aliphatic imine (C=N–C) groups is 1. The summed E-state index contributed by atoms with van der Waals surface area (Å²) in [6.45, 7) is 6.49. The van der Waals surface area contributed by atoms with Gasteiger partial charge in [-0.1, -0.05) is 19.8 Å². The highest BCUT2D eigenvalue weighted by atomic mass is 16.3. The van der Waals surface area contributed by atoms with Crippen molar-refractivity contribution in [2.75, 3.05) is 26.7 Å². The van der Waals surface area contributed by atoms with E-state index in [9.17, 15) is 4.79 Å². The van der Waals surface area contributed by atoms with Crippen molar-refractivity contribution >= 4 is 11.9 Å². The molecule has 0 bridgehead atoms. The van der Waals surface area contributed by atoms with E-state index < -0.39 is 0 Å². The van der Waals surface area contributed by atoms with Gasteiger partial charge in [0.2, 0.25) is 0 Å². The molecule has 0 atom stereocenters. The first-order valence-electron chi connectivity index (χ1n) is 9.37. The second-order valence-corrected chi connectivity index (χ2v) is 6.96. The molecule has 3 N–H and O–H groups in total. The van der Waals surface area contributed by atoms with Crippen LogP contribution in [0.1, 0.15) is 61.6 Å². The van der Waals surface area contributed by atoms with Gasteiger partial charge in [0.05, 0.1) is 6.26 Å². The van der Waals surface area contributed by atoms with Crippen LogP contribution in [0.4, 0.5) is 0 Å². The predicted molar refractivity (Wildman–Crippen MR) is 101 cm³/mol.